The number of fused-ring (bicyclic) bond motifs is 1. The molecule has 1 aromatic rings. The lowest BCUT2D eigenvalue weighted by molar-refractivity contribution is 0.255. The Balaban J connectivity index is 1.81. The monoisotopic (exact) mass is 278 g/mol. The van der Waals surface area contributed by atoms with Gasteiger partial charge in [0.25, 0.3) is 0 Å². The van der Waals surface area contributed by atoms with Gasteiger partial charge in [0.1, 0.15) is 0 Å². The van der Waals surface area contributed by atoms with Gasteiger partial charge in [-0.15, -0.1) is 0 Å². The van der Waals surface area contributed by atoms with E-state index in [0.29, 0.717) is 5.75 Å². The van der Waals surface area contributed by atoms with E-state index in [1.165, 1.54) is 45.3 Å². The van der Waals surface area contributed by atoms with Crippen molar-refractivity contribution in [2.45, 2.75) is 44.6 Å². The van der Waals surface area contributed by atoms with Crippen LogP contribution in [-0.2, 0) is 0 Å². The zero-order valence-electron chi connectivity index (χ0n) is 12.3. The summed E-state index contributed by atoms with van der Waals surface area (Å²) in [6.45, 7) is 3.15. The first-order valence-electron chi connectivity index (χ1n) is 7.55. The first kappa shape index (κ1) is 13.5. The Morgan fingerprint density at radius 2 is 2.05 bits per heavy atom. The number of ether oxygens (including phenoxy) is 1. The lowest BCUT2D eigenvalue weighted by Gasteiger charge is -2.45. The summed E-state index contributed by atoms with van der Waals surface area (Å²) in [7, 11) is 1.50. The maximum absolute atomic E-state index is 13.7. The van der Waals surface area contributed by atoms with Crippen LogP contribution in [0.3, 0.4) is 0 Å². The molecule has 3 rings (SSSR count). The molecular formula is C16H23FN2O. The highest BCUT2D eigenvalue weighted by atomic mass is 19.1. The zero-order valence-corrected chi connectivity index (χ0v) is 12.3. The van der Waals surface area contributed by atoms with Crippen LogP contribution in [0, 0.1) is 11.7 Å². The molecular weight excluding hydrogens is 255 g/mol. The van der Waals surface area contributed by atoms with Gasteiger partial charge in [-0.1, -0.05) is 13.3 Å². The number of anilines is 2. The molecule has 0 unspecified atom stereocenters. The molecule has 1 aliphatic carbocycles. The van der Waals surface area contributed by atoms with Crippen LogP contribution in [0.1, 0.15) is 39.0 Å². The molecule has 0 aromatic heterocycles. The minimum absolute atomic E-state index is 0.126. The smallest absolute Gasteiger partial charge is 0.167 e. The number of benzene rings is 1. The maximum atomic E-state index is 13.7. The summed E-state index contributed by atoms with van der Waals surface area (Å²) in [5.74, 6) is 0.857. The van der Waals surface area contributed by atoms with E-state index in [9.17, 15) is 4.39 Å². The molecule has 1 aliphatic heterocycles. The summed E-state index contributed by atoms with van der Waals surface area (Å²) in [5.41, 5.74) is 1.93. The molecule has 0 radical (unpaired) electrons. The third-order valence-electron chi connectivity index (χ3n) is 4.95. The molecule has 0 saturated heterocycles. The van der Waals surface area contributed by atoms with Crippen molar-refractivity contribution in [3.05, 3.63) is 17.9 Å². The summed E-state index contributed by atoms with van der Waals surface area (Å²) in [5, 5.41) is 7.04. The van der Waals surface area contributed by atoms with Crippen LogP contribution < -0.4 is 15.4 Å². The lowest BCUT2D eigenvalue weighted by atomic mass is 9.74. The van der Waals surface area contributed by atoms with E-state index in [4.69, 9.17) is 4.74 Å². The number of hydrogen-bond donors (Lipinski definition) is 2. The van der Waals surface area contributed by atoms with Crippen LogP contribution in [0.4, 0.5) is 15.8 Å². The van der Waals surface area contributed by atoms with Gasteiger partial charge in [-0.05, 0) is 31.6 Å². The van der Waals surface area contributed by atoms with E-state index in [0.717, 1.165) is 23.8 Å². The van der Waals surface area contributed by atoms with Gasteiger partial charge in [-0.3, -0.25) is 0 Å². The maximum Gasteiger partial charge on any atom is 0.167 e. The predicted molar refractivity (Wildman–Crippen MR) is 80.0 cm³/mol. The Labute approximate surface area is 119 Å². The molecule has 1 fully saturated rings. The molecule has 20 heavy (non-hydrogen) atoms. The molecule has 0 atom stereocenters. The number of nitrogens with one attached hydrogen (secondary N) is 2. The molecule has 110 valence electrons. The van der Waals surface area contributed by atoms with E-state index in [1.54, 1.807) is 6.07 Å². The molecule has 0 bridgehead atoms. The Morgan fingerprint density at radius 1 is 1.30 bits per heavy atom. The Bertz CT molecular complexity index is 495. The van der Waals surface area contributed by atoms with Crippen LogP contribution in [0.15, 0.2) is 12.1 Å². The normalized spacial score (nSPS) is 28.4. The molecule has 3 nitrogen and oxygen atoms in total. The first-order chi connectivity index (χ1) is 9.65. The average molecular weight is 278 g/mol. The topological polar surface area (TPSA) is 33.3 Å². The molecule has 4 heteroatoms. The van der Waals surface area contributed by atoms with E-state index in [-0.39, 0.29) is 11.4 Å². The van der Waals surface area contributed by atoms with Crippen molar-refractivity contribution in [3.8, 4) is 5.75 Å². The number of hydrogen-bond acceptors (Lipinski definition) is 3. The highest BCUT2D eigenvalue weighted by Gasteiger charge is 2.37. The second-order valence-electron chi connectivity index (χ2n) is 6.14. The molecule has 1 aromatic carbocycles. The van der Waals surface area contributed by atoms with E-state index >= 15 is 0 Å². The van der Waals surface area contributed by atoms with Crippen LogP contribution in [0.5, 0.6) is 5.75 Å². The largest absolute Gasteiger partial charge is 0.494 e. The minimum Gasteiger partial charge on any atom is -0.494 e. The van der Waals surface area contributed by atoms with E-state index in [1.807, 2.05) is 0 Å². The Kier molecular flexibility index (Phi) is 3.48. The summed E-state index contributed by atoms with van der Waals surface area (Å²) >= 11 is 0. The van der Waals surface area contributed by atoms with Gasteiger partial charge >= 0.3 is 0 Å². The Hall–Kier alpha value is -1.45. The zero-order chi connectivity index (χ0) is 14.2. The molecule has 2 aliphatic rings. The molecule has 2 N–H and O–H groups in total. The first-order valence-corrected chi connectivity index (χ1v) is 7.55. The fourth-order valence-electron chi connectivity index (χ4n) is 3.49. The van der Waals surface area contributed by atoms with Crippen molar-refractivity contribution in [2.24, 2.45) is 5.92 Å². The van der Waals surface area contributed by atoms with Crippen molar-refractivity contribution in [3.63, 3.8) is 0 Å². The van der Waals surface area contributed by atoms with E-state index in [2.05, 4.69) is 17.6 Å². The minimum atomic E-state index is -0.314. The fourth-order valence-corrected chi connectivity index (χ4v) is 3.49. The van der Waals surface area contributed by atoms with Crippen molar-refractivity contribution in [1.82, 2.24) is 0 Å². The number of halogens is 1. The van der Waals surface area contributed by atoms with Gasteiger partial charge in [0.15, 0.2) is 11.6 Å². The van der Waals surface area contributed by atoms with Gasteiger partial charge in [-0.2, -0.15) is 0 Å². The van der Waals surface area contributed by atoms with Crippen molar-refractivity contribution in [1.29, 1.82) is 0 Å². The van der Waals surface area contributed by atoms with Gasteiger partial charge in [0.05, 0.1) is 24.0 Å². The highest BCUT2D eigenvalue weighted by Crippen LogP contribution is 2.42. The Morgan fingerprint density at radius 3 is 2.70 bits per heavy atom. The van der Waals surface area contributed by atoms with Crippen LogP contribution in [0.2, 0.25) is 0 Å². The second-order valence-corrected chi connectivity index (χ2v) is 6.14. The van der Waals surface area contributed by atoms with Crippen LogP contribution in [-0.4, -0.2) is 19.2 Å². The van der Waals surface area contributed by atoms with Gasteiger partial charge < -0.3 is 15.4 Å². The van der Waals surface area contributed by atoms with Gasteiger partial charge in [0.2, 0.25) is 0 Å². The number of methoxy groups -OCH3 is 1. The lowest BCUT2D eigenvalue weighted by Crippen LogP contribution is -2.50. The fraction of sp³-hybridized carbons (Fsp3) is 0.625. The molecule has 1 heterocycles. The van der Waals surface area contributed by atoms with Gasteiger partial charge in [0, 0.05) is 18.7 Å². The quantitative estimate of drug-likeness (QED) is 0.857. The summed E-state index contributed by atoms with van der Waals surface area (Å²) < 4.78 is 18.8. The molecule has 0 amide bonds. The predicted octanol–water partition coefficient (Wildman–Crippen LogP) is 4.01. The summed E-state index contributed by atoms with van der Waals surface area (Å²) in [6, 6.07) is 3.29. The van der Waals surface area contributed by atoms with Crippen LogP contribution in [0.25, 0.3) is 0 Å². The SMILES string of the molecule is CCC1CCC2(CC1)CNc1cc(F)c(OC)cc1N2. The molecule has 1 spiro atoms. The molecule has 1 saturated carbocycles. The average Bonchev–Trinajstić information content (AvgIpc) is 2.48. The summed E-state index contributed by atoms with van der Waals surface area (Å²) in [6.07, 6.45) is 6.19. The highest BCUT2D eigenvalue weighted by molar-refractivity contribution is 5.74. The summed E-state index contributed by atoms with van der Waals surface area (Å²) in [4.78, 5) is 0. The van der Waals surface area contributed by atoms with Crippen molar-refractivity contribution >= 4 is 11.4 Å². The van der Waals surface area contributed by atoms with Crippen molar-refractivity contribution in [2.75, 3.05) is 24.3 Å². The standard InChI is InChI=1S/C16H23FN2O/c1-3-11-4-6-16(7-5-11)10-18-13-8-12(17)15(20-2)9-14(13)19-16/h8-9,11,18-19H,3-7,10H2,1-2H3. The van der Waals surface area contributed by atoms with Crippen molar-refractivity contribution < 1.29 is 9.13 Å². The third kappa shape index (κ3) is 2.32. The second kappa shape index (κ2) is 5.15. The third-order valence-corrected chi connectivity index (χ3v) is 4.95. The van der Waals surface area contributed by atoms with E-state index < -0.39 is 0 Å². The van der Waals surface area contributed by atoms with Crippen LogP contribution >= 0.6 is 0 Å². The number of rotatable bonds is 2. The van der Waals surface area contributed by atoms with Gasteiger partial charge in [-0.25, -0.2) is 4.39 Å².